The van der Waals surface area contributed by atoms with Gasteiger partial charge in [-0.25, -0.2) is 0 Å². The summed E-state index contributed by atoms with van der Waals surface area (Å²) < 4.78 is 0. The Labute approximate surface area is 86.1 Å². The fraction of sp³-hybridized carbons (Fsp3) is 0.462. The van der Waals surface area contributed by atoms with Gasteiger partial charge in [0.2, 0.25) is 0 Å². The molecule has 1 aromatic carbocycles. The van der Waals surface area contributed by atoms with E-state index in [0.29, 0.717) is 6.42 Å². The molecule has 1 nitrogen and oxygen atoms in total. The van der Waals surface area contributed by atoms with Crippen LogP contribution in [-0.2, 0) is 17.6 Å². The molecule has 0 fully saturated rings. The molecule has 0 aromatic heterocycles. The van der Waals surface area contributed by atoms with Crippen LogP contribution in [0.5, 0.6) is 0 Å². The summed E-state index contributed by atoms with van der Waals surface area (Å²) in [6.45, 7) is 2.16. The zero-order valence-electron chi connectivity index (χ0n) is 8.75. The number of hydrogen-bond acceptors (Lipinski definition) is 1. The van der Waals surface area contributed by atoms with Crippen LogP contribution < -0.4 is 0 Å². The van der Waals surface area contributed by atoms with Gasteiger partial charge in [0, 0.05) is 6.42 Å². The van der Waals surface area contributed by atoms with E-state index in [0.717, 1.165) is 25.7 Å². The van der Waals surface area contributed by atoms with Crippen LogP contribution in [0.2, 0.25) is 0 Å². The topological polar surface area (TPSA) is 17.1 Å². The number of benzene rings is 1. The fourth-order valence-electron chi connectivity index (χ4n) is 1.47. The van der Waals surface area contributed by atoms with Crippen LogP contribution in [0.3, 0.4) is 0 Å². The molecule has 0 amide bonds. The highest BCUT2D eigenvalue weighted by Crippen LogP contribution is 2.08. The maximum Gasteiger partial charge on any atom is 0.198 e. The first-order valence-corrected chi connectivity index (χ1v) is 5.29. The molecular weight excluding hydrogens is 172 g/mol. The van der Waals surface area contributed by atoms with Gasteiger partial charge < -0.3 is 0 Å². The van der Waals surface area contributed by atoms with Gasteiger partial charge in [-0.3, -0.25) is 4.79 Å². The molecule has 14 heavy (non-hydrogen) atoms. The molecule has 1 heteroatoms. The highest BCUT2D eigenvalue weighted by Gasteiger charge is 1.94. The Hall–Kier alpha value is -1.11. The molecule has 0 unspecified atom stereocenters. The van der Waals surface area contributed by atoms with Gasteiger partial charge in [0.1, 0.15) is 0 Å². The van der Waals surface area contributed by atoms with Crippen LogP contribution in [-0.4, -0.2) is 6.29 Å². The van der Waals surface area contributed by atoms with E-state index in [1.807, 2.05) is 6.29 Å². The van der Waals surface area contributed by atoms with E-state index in [2.05, 4.69) is 31.2 Å². The molecule has 0 saturated carbocycles. The van der Waals surface area contributed by atoms with Crippen molar-refractivity contribution < 1.29 is 4.79 Å². The van der Waals surface area contributed by atoms with E-state index in [1.165, 1.54) is 11.1 Å². The first-order chi connectivity index (χ1) is 6.86. The van der Waals surface area contributed by atoms with E-state index >= 15 is 0 Å². The predicted molar refractivity (Wildman–Crippen MR) is 59.1 cm³/mol. The van der Waals surface area contributed by atoms with Crippen molar-refractivity contribution in [2.45, 2.75) is 39.0 Å². The van der Waals surface area contributed by atoms with Crippen molar-refractivity contribution in [1.29, 1.82) is 0 Å². The van der Waals surface area contributed by atoms with Crippen LogP contribution in [0, 0.1) is 0 Å². The van der Waals surface area contributed by atoms with Crippen LogP contribution in [0.25, 0.3) is 0 Å². The lowest BCUT2D eigenvalue weighted by molar-refractivity contribution is 0.546. The zero-order valence-corrected chi connectivity index (χ0v) is 8.75. The number of rotatable bonds is 6. The predicted octanol–water partition coefficient (Wildman–Crippen LogP) is 3.07. The molecule has 0 saturated heterocycles. The molecule has 1 radical (unpaired) electrons. The quantitative estimate of drug-likeness (QED) is 0.628. The van der Waals surface area contributed by atoms with Gasteiger partial charge in [-0.2, -0.15) is 0 Å². The Balaban J connectivity index is 2.32. The number of hydrogen-bond donors (Lipinski definition) is 0. The Morgan fingerprint density at radius 2 is 1.71 bits per heavy atom. The minimum absolute atomic E-state index is 0.576. The maximum absolute atomic E-state index is 9.97. The summed E-state index contributed by atoms with van der Waals surface area (Å²) in [6.07, 6.45) is 6.71. The summed E-state index contributed by atoms with van der Waals surface area (Å²) >= 11 is 0. The maximum atomic E-state index is 9.97. The number of carbonyl (C=O) groups excluding carboxylic acids is 1. The summed E-state index contributed by atoms with van der Waals surface area (Å²) in [4.78, 5) is 9.97. The van der Waals surface area contributed by atoms with Crippen molar-refractivity contribution in [2.24, 2.45) is 0 Å². The minimum Gasteiger partial charge on any atom is -0.291 e. The smallest absolute Gasteiger partial charge is 0.198 e. The lowest BCUT2D eigenvalue weighted by atomic mass is 10.0. The lowest BCUT2D eigenvalue weighted by Crippen LogP contribution is -1.87. The van der Waals surface area contributed by atoms with Crippen molar-refractivity contribution >= 4 is 6.29 Å². The Bertz CT molecular complexity index is 261. The average Bonchev–Trinajstić information content (AvgIpc) is 2.25. The second kappa shape index (κ2) is 6.36. The first kappa shape index (κ1) is 11.0. The van der Waals surface area contributed by atoms with Gasteiger partial charge in [-0.15, -0.1) is 0 Å². The van der Waals surface area contributed by atoms with Gasteiger partial charge in [0.05, 0.1) is 0 Å². The molecular formula is C13H17O. The van der Waals surface area contributed by atoms with Crippen molar-refractivity contribution in [3.8, 4) is 0 Å². The average molecular weight is 189 g/mol. The van der Waals surface area contributed by atoms with Crippen LogP contribution >= 0.6 is 0 Å². The molecule has 0 aliphatic heterocycles. The molecule has 1 aromatic rings. The number of unbranched alkanes of at least 4 members (excludes halogenated alkanes) is 2. The van der Waals surface area contributed by atoms with Crippen molar-refractivity contribution in [3.63, 3.8) is 0 Å². The molecule has 0 N–H and O–H groups in total. The zero-order chi connectivity index (χ0) is 10.2. The second-order valence-corrected chi connectivity index (χ2v) is 3.52. The normalized spacial score (nSPS) is 10.1. The first-order valence-electron chi connectivity index (χ1n) is 5.29. The number of aryl methyl sites for hydroxylation is 2. The summed E-state index contributed by atoms with van der Waals surface area (Å²) in [5.41, 5.74) is 2.75. The molecule has 0 heterocycles. The van der Waals surface area contributed by atoms with Gasteiger partial charge in [0.15, 0.2) is 6.29 Å². The van der Waals surface area contributed by atoms with E-state index < -0.39 is 0 Å². The highest BCUT2D eigenvalue weighted by atomic mass is 16.1. The highest BCUT2D eigenvalue weighted by molar-refractivity contribution is 5.50. The minimum atomic E-state index is 0.576. The second-order valence-electron chi connectivity index (χ2n) is 3.52. The fourth-order valence-corrected chi connectivity index (χ4v) is 1.47. The van der Waals surface area contributed by atoms with Crippen molar-refractivity contribution in [3.05, 3.63) is 35.4 Å². The summed E-state index contributed by atoms with van der Waals surface area (Å²) in [5.74, 6) is 0. The van der Waals surface area contributed by atoms with Crippen LogP contribution in [0.1, 0.15) is 37.3 Å². The Morgan fingerprint density at radius 1 is 1.07 bits per heavy atom. The summed E-state index contributed by atoms with van der Waals surface area (Å²) in [7, 11) is 0. The van der Waals surface area contributed by atoms with Crippen molar-refractivity contribution in [2.75, 3.05) is 0 Å². The van der Waals surface area contributed by atoms with E-state index in [9.17, 15) is 4.79 Å². The third kappa shape index (κ3) is 3.73. The monoisotopic (exact) mass is 189 g/mol. The largest absolute Gasteiger partial charge is 0.291 e. The van der Waals surface area contributed by atoms with Gasteiger partial charge >= 0.3 is 0 Å². The summed E-state index contributed by atoms with van der Waals surface area (Å²) in [5, 5.41) is 0. The van der Waals surface area contributed by atoms with E-state index in [1.54, 1.807) is 0 Å². The standard InChI is InChI=1S/C13H17O/c1-2-12-7-9-13(10-8-12)6-4-3-5-11-14/h7-10H,2-6H2,1H3. The molecule has 0 bridgehead atoms. The lowest BCUT2D eigenvalue weighted by Gasteiger charge is -2.01. The SMILES string of the molecule is CCc1ccc(CCCC[C]=O)cc1. The van der Waals surface area contributed by atoms with E-state index in [-0.39, 0.29) is 0 Å². The molecule has 0 spiro atoms. The Kier molecular flexibility index (Phi) is 4.98. The molecule has 75 valence electrons. The van der Waals surface area contributed by atoms with Crippen molar-refractivity contribution in [1.82, 2.24) is 0 Å². The third-order valence-corrected chi connectivity index (χ3v) is 2.43. The van der Waals surface area contributed by atoms with Crippen LogP contribution in [0.4, 0.5) is 0 Å². The molecule has 1 rings (SSSR count). The van der Waals surface area contributed by atoms with E-state index in [4.69, 9.17) is 0 Å². The molecule has 0 aliphatic carbocycles. The molecule has 0 atom stereocenters. The third-order valence-electron chi connectivity index (χ3n) is 2.43. The van der Waals surface area contributed by atoms with Gasteiger partial charge in [0.25, 0.3) is 0 Å². The molecule has 0 aliphatic rings. The van der Waals surface area contributed by atoms with Gasteiger partial charge in [-0.1, -0.05) is 31.2 Å². The summed E-state index contributed by atoms with van der Waals surface area (Å²) in [6, 6.07) is 8.73. The van der Waals surface area contributed by atoms with Gasteiger partial charge in [-0.05, 0) is 36.8 Å². The van der Waals surface area contributed by atoms with Crippen LogP contribution in [0.15, 0.2) is 24.3 Å². The Morgan fingerprint density at radius 3 is 2.29 bits per heavy atom.